The van der Waals surface area contributed by atoms with Crippen LogP contribution in [0.5, 0.6) is 0 Å². The molecule has 2 aliphatic carbocycles. The molecule has 10 nitrogen and oxygen atoms in total. The van der Waals surface area contributed by atoms with Crippen LogP contribution in [0.1, 0.15) is 74.7 Å². The van der Waals surface area contributed by atoms with Crippen LogP contribution in [0.15, 0.2) is 18.2 Å². The molecule has 5 aliphatic rings. The van der Waals surface area contributed by atoms with E-state index in [-0.39, 0.29) is 41.8 Å². The van der Waals surface area contributed by atoms with E-state index in [0.29, 0.717) is 29.2 Å². The summed E-state index contributed by atoms with van der Waals surface area (Å²) in [5.74, 6) is -0.146. The van der Waals surface area contributed by atoms with Crippen LogP contribution >= 0.6 is 0 Å². The molecular formula is C27H37N7O3. The van der Waals surface area contributed by atoms with E-state index in [4.69, 9.17) is 0 Å². The van der Waals surface area contributed by atoms with E-state index in [1.54, 1.807) is 18.2 Å². The Balaban J connectivity index is 1.30. The highest BCUT2D eigenvalue weighted by Crippen LogP contribution is 2.31. The van der Waals surface area contributed by atoms with E-state index in [2.05, 4.69) is 33.0 Å². The Morgan fingerprint density at radius 2 is 1.54 bits per heavy atom. The maximum atomic E-state index is 13.9. The molecule has 2 aromatic rings. The lowest BCUT2D eigenvalue weighted by Crippen LogP contribution is -2.62. The number of fused-ring (bicyclic) bond motifs is 4. The predicted octanol–water partition coefficient (Wildman–Crippen LogP) is 3.52. The van der Waals surface area contributed by atoms with Gasteiger partial charge in [0.25, 0.3) is 5.91 Å². The van der Waals surface area contributed by atoms with E-state index >= 15 is 0 Å². The van der Waals surface area contributed by atoms with Crippen LogP contribution in [-0.2, 0) is 0 Å². The highest BCUT2D eigenvalue weighted by molar-refractivity contribution is 6.08. The van der Waals surface area contributed by atoms with Crippen LogP contribution in [0.25, 0.3) is 10.9 Å². The molecule has 198 valence electrons. The minimum Gasteiger partial charge on any atom is -0.335 e. The smallest absolute Gasteiger partial charge is 0.335 e. The number of likely N-dealkylation sites (N-methyl/N-ethyl adjacent to an activating group) is 1. The molecular weight excluding hydrogens is 470 g/mol. The Morgan fingerprint density at radius 1 is 0.865 bits per heavy atom. The van der Waals surface area contributed by atoms with Gasteiger partial charge in [-0.05, 0) is 63.8 Å². The molecule has 4 amide bonds. The number of amides is 4. The Bertz CT molecular complexity index is 1200. The van der Waals surface area contributed by atoms with Crippen LogP contribution in [0, 0.1) is 0 Å². The first-order valence-electron chi connectivity index (χ1n) is 13.9. The SMILES string of the molecule is CN1CC2CCC1CN2C(=O)c1nn(C(=O)NC2CCCC2)c2ccc(NC(=O)NC3CCCC3)cc12. The first-order valence-corrected chi connectivity index (χ1v) is 13.9. The summed E-state index contributed by atoms with van der Waals surface area (Å²) in [7, 11) is 2.12. The molecule has 3 saturated heterocycles. The molecule has 5 fully saturated rings. The van der Waals surface area contributed by atoms with Crippen LogP contribution in [0.4, 0.5) is 15.3 Å². The maximum Gasteiger partial charge on any atom is 0.342 e. The van der Waals surface area contributed by atoms with Crippen molar-refractivity contribution in [1.82, 2.24) is 30.2 Å². The van der Waals surface area contributed by atoms with Gasteiger partial charge in [0.1, 0.15) is 0 Å². The number of carbonyl (C=O) groups is 3. The fourth-order valence-electron chi connectivity index (χ4n) is 6.66. The fourth-order valence-corrected chi connectivity index (χ4v) is 6.66. The zero-order chi connectivity index (χ0) is 25.5. The molecule has 1 aromatic heterocycles. The van der Waals surface area contributed by atoms with Gasteiger partial charge in [-0.25, -0.2) is 9.59 Å². The highest BCUT2D eigenvalue weighted by Gasteiger charge is 2.41. The van der Waals surface area contributed by atoms with Gasteiger partial charge in [-0.15, -0.1) is 0 Å². The molecule has 2 unspecified atom stereocenters. The van der Waals surface area contributed by atoms with E-state index in [1.807, 2.05) is 4.90 Å². The summed E-state index contributed by atoms with van der Waals surface area (Å²) < 4.78 is 1.33. The second kappa shape index (κ2) is 9.96. The van der Waals surface area contributed by atoms with Crippen LogP contribution in [0.2, 0.25) is 0 Å². The van der Waals surface area contributed by atoms with E-state index in [9.17, 15) is 14.4 Å². The molecule has 3 N–H and O–H groups in total. The monoisotopic (exact) mass is 507 g/mol. The topological polar surface area (TPSA) is 112 Å². The molecule has 4 heterocycles. The quantitative estimate of drug-likeness (QED) is 0.586. The normalized spacial score (nSPS) is 24.6. The predicted molar refractivity (Wildman–Crippen MR) is 141 cm³/mol. The van der Waals surface area contributed by atoms with Crippen molar-refractivity contribution in [1.29, 1.82) is 0 Å². The van der Waals surface area contributed by atoms with E-state index < -0.39 is 0 Å². The number of piperazine rings is 1. The van der Waals surface area contributed by atoms with Crippen molar-refractivity contribution in [2.75, 3.05) is 25.5 Å². The average molecular weight is 508 g/mol. The van der Waals surface area contributed by atoms with Gasteiger partial charge in [-0.1, -0.05) is 25.7 Å². The van der Waals surface area contributed by atoms with Gasteiger partial charge in [-0.3, -0.25) is 9.69 Å². The number of hydrogen-bond acceptors (Lipinski definition) is 5. The zero-order valence-electron chi connectivity index (χ0n) is 21.5. The molecule has 2 bridgehead atoms. The largest absolute Gasteiger partial charge is 0.342 e. The molecule has 3 aliphatic heterocycles. The Kier molecular flexibility index (Phi) is 6.52. The lowest BCUT2D eigenvalue weighted by molar-refractivity contribution is -0.000352. The molecule has 0 spiro atoms. The molecule has 1 aromatic carbocycles. The van der Waals surface area contributed by atoms with Crippen LogP contribution in [0.3, 0.4) is 0 Å². The minimum atomic E-state index is -0.310. The van der Waals surface area contributed by atoms with Gasteiger partial charge in [0.05, 0.1) is 5.52 Å². The van der Waals surface area contributed by atoms with Gasteiger partial charge in [0, 0.05) is 48.3 Å². The number of hydrogen-bond donors (Lipinski definition) is 3. The fraction of sp³-hybridized carbons (Fsp3) is 0.630. The van der Waals surface area contributed by atoms with Gasteiger partial charge in [0.15, 0.2) is 5.69 Å². The zero-order valence-corrected chi connectivity index (χ0v) is 21.5. The number of nitrogens with zero attached hydrogens (tertiary/aromatic N) is 4. The molecule has 0 radical (unpaired) electrons. The number of anilines is 1. The third kappa shape index (κ3) is 4.79. The van der Waals surface area contributed by atoms with Crippen LogP contribution < -0.4 is 16.0 Å². The van der Waals surface area contributed by atoms with E-state index in [0.717, 1.165) is 70.8 Å². The molecule has 37 heavy (non-hydrogen) atoms. The second-order valence-electron chi connectivity index (χ2n) is 11.3. The number of benzene rings is 1. The summed E-state index contributed by atoms with van der Waals surface area (Å²) >= 11 is 0. The van der Waals surface area contributed by atoms with Crippen molar-refractivity contribution >= 4 is 34.6 Å². The lowest BCUT2D eigenvalue weighted by Gasteiger charge is -2.50. The van der Waals surface area contributed by atoms with Crippen molar-refractivity contribution in [2.24, 2.45) is 0 Å². The number of rotatable bonds is 4. The maximum absolute atomic E-state index is 13.9. The van der Waals surface area contributed by atoms with Crippen molar-refractivity contribution < 1.29 is 14.4 Å². The van der Waals surface area contributed by atoms with Crippen molar-refractivity contribution in [3.8, 4) is 0 Å². The van der Waals surface area contributed by atoms with Crippen molar-refractivity contribution in [3.05, 3.63) is 23.9 Å². The molecule has 2 saturated carbocycles. The van der Waals surface area contributed by atoms with Gasteiger partial charge in [-0.2, -0.15) is 9.78 Å². The summed E-state index contributed by atoms with van der Waals surface area (Å²) in [6.45, 7) is 1.52. The second-order valence-corrected chi connectivity index (χ2v) is 11.3. The van der Waals surface area contributed by atoms with Gasteiger partial charge >= 0.3 is 12.1 Å². The highest BCUT2D eigenvalue weighted by atomic mass is 16.2. The third-order valence-electron chi connectivity index (χ3n) is 8.77. The molecule has 7 rings (SSSR count). The molecule has 2 atom stereocenters. The summed E-state index contributed by atoms with van der Waals surface area (Å²) in [5, 5.41) is 14.2. The summed E-state index contributed by atoms with van der Waals surface area (Å²) in [6.07, 6.45) is 10.5. The Morgan fingerprint density at radius 3 is 2.19 bits per heavy atom. The Labute approximate surface area is 217 Å². The first kappa shape index (κ1) is 24.2. The third-order valence-corrected chi connectivity index (χ3v) is 8.77. The number of piperidine rings is 2. The van der Waals surface area contributed by atoms with Crippen LogP contribution in [-0.4, -0.2) is 81.9 Å². The Hall–Kier alpha value is -3.14. The lowest BCUT2D eigenvalue weighted by atomic mass is 9.91. The number of aromatic nitrogens is 2. The van der Waals surface area contributed by atoms with Gasteiger partial charge < -0.3 is 20.9 Å². The van der Waals surface area contributed by atoms with Gasteiger partial charge in [0.2, 0.25) is 0 Å². The number of carbonyl (C=O) groups excluding carboxylic acids is 3. The standard InChI is InChI=1S/C27H37N7O3/c1-32-15-21-12-11-20(32)16-33(21)25(35)24-22-14-19(29-26(36)28-17-6-2-3-7-17)10-13-23(22)34(31-24)27(37)30-18-8-4-5-9-18/h10,13-14,17-18,20-21H,2-9,11-12,15-16H2,1H3,(H,30,37)(H2,28,29,36). The summed E-state index contributed by atoms with van der Waals surface area (Å²) in [5.41, 5.74) is 1.42. The average Bonchev–Trinajstić information content (AvgIpc) is 3.65. The summed E-state index contributed by atoms with van der Waals surface area (Å²) in [6, 6.07) is 5.60. The minimum absolute atomic E-state index is 0.138. The van der Waals surface area contributed by atoms with Crippen molar-refractivity contribution in [3.63, 3.8) is 0 Å². The first-order chi connectivity index (χ1) is 18.0. The molecule has 10 heteroatoms. The summed E-state index contributed by atoms with van der Waals surface area (Å²) in [4.78, 5) is 44.0. The number of nitrogens with one attached hydrogen (secondary N) is 3. The van der Waals surface area contributed by atoms with E-state index in [1.165, 1.54) is 4.68 Å². The van der Waals surface area contributed by atoms with Crippen molar-refractivity contribution in [2.45, 2.75) is 88.4 Å². The number of urea groups is 1.